The average molecular weight is 436 g/mol. The van der Waals surface area contributed by atoms with Gasteiger partial charge in [0.25, 0.3) is 0 Å². The van der Waals surface area contributed by atoms with Crippen LogP contribution in [0.1, 0.15) is 0 Å². The summed E-state index contributed by atoms with van der Waals surface area (Å²) in [6, 6.07) is 20.1. The summed E-state index contributed by atoms with van der Waals surface area (Å²) in [5, 5.41) is 15.9. The minimum Gasteiger partial charge on any atom is -0.497 e. The Morgan fingerprint density at radius 1 is 1.10 bits per heavy atom. The summed E-state index contributed by atoms with van der Waals surface area (Å²) in [5.41, 5.74) is 3.74. The van der Waals surface area contributed by atoms with Crippen LogP contribution < -0.4 is 9.38 Å². The van der Waals surface area contributed by atoms with Crippen LogP contribution in [0.3, 0.4) is 0 Å². The van der Waals surface area contributed by atoms with Gasteiger partial charge >= 0.3 is 6.41 Å². The Hall–Kier alpha value is -3.52. The van der Waals surface area contributed by atoms with E-state index in [-0.39, 0.29) is 0 Å². The molecule has 0 aliphatic rings. The zero-order valence-electron chi connectivity index (χ0n) is 16.9. The number of hydrogen-bond donors (Lipinski definition) is 1. The Kier molecular flexibility index (Phi) is 5.56. The third kappa shape index (κ3) is 4.06. The molecule has 4 aromatic rings. The molecule has 0 saturated heterocycles. The van der Waals surface area contributed by atoms with Crippen LogP contribution in [0.5, 0.6) is 5.75 Å². The maximum Gasteiger partial charge on any atom is 0.338 e. The molecule has 0 aliphatic heterocycles. The molecule has 0 saturated carbocycles. The van der Waals surface area contributed by atoms with Gasteiger partial charge in [-0.2, -0.15) is 5.10 Å². The number of pyridine rings is 1. The van der Waals surface area contributed by atoms with Crippen LogP contribution in [0.15, 0.2) is 72.9 Å². The van der Waals surface area contributed by atoms with Crippen LogP contribution in [-0.2, 0) is 4.79 Å². The molecule has 0 fully saturated rings. The molecule has 4 rings (SSSR count). The number of ether oxygens (including phenoxy) is 1. The molecule has 0 aliphatic carbocycles. The van der Waals surface area contributed by atoms with Gasteiger partial charge in [0, 0.05) is 22.8 Å². The molecule has 1 atom stereocenters. The number of halogens is 1. The normalized spacial score (nSPS) is 12.9. The predicted molar refractivity (Wildman–Crippen MR) is 119 cm³/mol. The first-order valence-electron chi connectivity index (χ1n) is 9.44. The first-order chi connectivity index (χ1) is 14.9. The van der Waals surface area contributed by atoms with E-state index in [9.17, 15) is 10.0 Å². The van der Waals surface area contributed by atoms with E-state index in [1.807, 2.05) is 54.6 Å². The number of carbonyl (C=O) groups is 1. The zero-order valence-corrected chi connectivity index (χ0v) is 17.7. The van der Waals surface area contributed by atoms with Crippen molar-refractivity contribution in [2.75, 3.05) is 14.2 Å². The molecule has 2 aromatic carbocycles. The van der Waals surface area contributed by atoms with Gasteiger partial charge in [-0.05, 0) is 48.5 Å². The Morgan fingerprint density at radius 2 is 1.81 bits per heavy atom. The first-order valence-corrected chi connectivity index (χ1v) is 9.82. The molecule has 1 N–H and O–H groups in total. The van der Waals surface area contributed by atoms with Gasteiger partial charge in [-0.15, -0.1) is 0 Å². The summed E-state index contributed by atoms with van der Waals surface area (Å²) in [7, 11) is 2.98. The second kappa shape index (κ2) is 8.31. The van der Waals surface area contributed by atoms with Crippen LogP contribution in [-0.4, -0.2) is 40.5 Å². The fraction of sp³-hybridized carbons (Fsp3) is 0.0870. The standard InChI is InChI=1S/C23H20ClN4O3/c1-28(30,15-29)22-4-3-13-25-23(22)20-14-21(16-5-7-17(24)8-6-16)27(26-20)18-9-11-19(31-2)12-10-18/h3-15,30H,1-2H3/q+1. The van der Waals surface area contributed by atoms with Gasteiger partial charge in [0.15, 0.2) is 5.69 Å². The molecule has 0 spiro atoms. The highest BCUT2D eigenvalue weighted by Gasteiger charge is 2.29. The fourth-order valence-corrected chi connectivity index (χ4v) is 3.39. The largest absolute Gasteiger partial charge is 0.497 e. The Morgan fingerprint density at radius 3 is 2.45 bits per heavy atom. The number of rotatable bonds is 6. The molecule has 0 bridgehead atoms. The van der Waals surface area contributed by atoms with Gasteiger partial charge in [0.2, 0.25) is 5.69 Å². The van der Waals surface area contributed by atoms with Crippen LogP contribution in [0.25, 0.3) is 28.3 Å². The topological polar surface area (TPSA) is 77.2 Å². The molecular weight excluding hydrogens is 416 g/mol. The monoisotopic (exact) mass is 435 g/mol. The third-order valence-corrected chi connectivity index (χ3v) is 5.14. The second-order valence-corrected chi connectivity index (χ2v) is 7.47. The zero-order chi connectivity index (χ0) is 22.0. The molecule has 7 nitrogen and oxygen atoms in total. The van der Waals surface area contributed by atoms with Crippen molar-refractivity contribution in [1.82, 2.24) is 19.4 Å². The lowest BCUT2D eigenvalue weighted by Gasteiger charge is -2.17. The van der Waals surface area contributed by atoms with E-state index in [0.29, 0.717) is 28.5 Å². The van der Waals surface area contributed by atoms with Gasteiger partial charge in [-0.1, -0.05) is 28.4 Å². The highest BCUT2D eigenvalue weighted by atomic mass is 35.5. The molecular formula is C23H20ClN4O3+. The smallest absolute Gasteiger partial charge is 0.338 e. The van der Waals surface area contributed by atoms with E-state index in [2.05, 4.69) is 4.98 Å². The molecule has 2 heterocycles. The van der Waals surface area contributed by atoms with E-state index < -0.39 is 4.65 Å². The maximum atomic E-state index is 11.5. The first kappa shape index (κ1) is 20.7. The maximum absolute atomic E-state index is 11.5. The van der Waals surface area contributed by atoms with Crippen molar-refractivity contribution < 1.29 is 14.7 Å². The van der Waals surface area contributed by atoms with Gasteiger partial charge in [-0.3, -0.25) is 0 Å². The van der Waals surface area contributed by atoms with Crippen molar-refractivity contribution in [2.24, 2.45) is 0 Å². The minimum absolute atomic E-state index is 0.319. The number of amides is 1. The van der Waals surface area contributed by atoms with Gasteiger partial charge in [0.05, 0.1) is 18.5 Å². The van der Waals surface area contributed by atoms with Crippen LogP contribution >= 0.6 is 11.6 Å². The minimum atomic E-state index is -0.963. The summed E-state index contributed by atoms with van der Waals surface area (Å²) >= 11 is 6.07. The Bertz CT molecular complexity index is 1220. The summed E-state index contributed by atoms with van der Waals surface area (Å²) in [6.45, 7) is 0. The molecule has 2 aromatic heterocycles. The SMILES string of the molecule is COc1ccc(-n2nc(-c3ncccc3[N+](C)(O)C=O)cc2-c2ccc(Cl)cc2)cc1. The summed E-state index contributed by atoms with van der Waals surface area (Å²) in [4.78, 5) is 15.9. The quantitative estimate of drug-likeness (QED) is 0.205. The van der Waals surface area contributed by atoms with Crippen molar-refractivity contribution in [3.05, 3.63) is 77.9 Å². The fourth-order valence-electron chi connectivity index (χ4n) is 3.26. The van der Waals surface area contributed by atoms with Crippen molar-refractivity contribution >= 4 is 23.7 Å². The van der Waals surface area contributed by atoms with Gasteiger partial charge in [0.1, 0.15) is 18.5 Å². The van der Waals surface area contributed by atoms with Crippen molar-refractivity contribution in [3.8, 4) is 34.1 Å². The third-order valence-electron chi connectivity index (χ3n) is 4.89. The van der Waals surface area contributed by atoms with Crippen LogP contribution in [0, 0.1) is 0 Å². The number of carbonyl (C=O) groups excluding carboxylic acids is 1. The molecule has 1 amide bonds. The van der Waals surface area contributed by atoms with Crippen molar-refractivity contribution in [3.63, 3.8) is 0 Å². The number of aromatic nitrogens is 3. The lowest BCUT2D eigenvalue weighted by molar-refractivity contribution is -0.141. The van der Waals surface area contributed by atoms with E-state index >= 15 is 0 Å². The highest BCUT2D eigenvalue weighted by molar-refractivity contribution is 6.30. The predicted octanol–water partition coefficient (Wildman–Crippen LogP) is 4.75. The van der Waals surface area contributed by atoms with Gasteiger partial charge < -0.3 is 4.74 Å². The summed E-state index contributed by atoms with van der Waals surface area (Å²) < 4.78 is 6.07. The van der Waals surface area contributed by atoms with Crippen molar-refractivity contribution in [1.29, 1.82) is 0 Å². The van der Waals surface area contributed by atoms with Crippen LogP contribution in [0.4, 0.5) is 5.69 Å². The molecule has 0 radical (unpaired) electrons. The Labute approximate surface area is 184 Å². The highest BCUT2D eigenvalue weighted by Crippen LogP contribution is 2.34. The van der Waals surface area contributed by atoms with E-state index in [0.717, 1.165) is 22.7 Å². The van der Waals surface area contributed by atoms with Crippen molar-refractivity contribution in [2.45, 2.75) is 0 Å². The number of methoxy groups -OCH3 is 1. The Balaban J connectivity index is 1.92. The van der Waals surface area contributed by atoms with Gasteiger partial charge in [-0.25, -0.2) is 19.7 Å². The van der Waals surface area contributed by atoms with Crippen LogP contribution in [0.2, 0.25) is 5.02 Å². The summed E-state index contributed by atoms with van der Waals surface area (Å²) in [5.74, 6) is 0.732. The number of quaternary nitrogens is 1. The molecule has 8 heteroatoms. The van der Waals surface area contributed by atoms with E-state index in [4.69, 9.17) is 21.4 Å². The van der Waals surface area contributed by atoms with E-state index in [1.165, 1.54) is 7.05 Å². The average Bonchev–Trinajstić information content (AvgIpc) is 3.25. The number of hydrogen-bond acceptors (Lipinski definition) is 5. The number of nitrogens with zero attached hydrogens (tertiary/aromatic N) is 4. The lowest BCUT2D eigenvalue weighted by Crippen LogP contribution is -2.40. The molecule has 156 valence electrons. The number of hydroxylamine groups is 2. The molecule has 31 heavy (non-hydrogen) atoms. The lowest BCUT2D eigenvalue weighted by atomic mass is 10.1. The second-order valence-electron chi connectivity index (χ2n) is 7.03. The summed E-state index contributed by atoms with van der Waals surface area (Å²) in [6.07, 6.45) is 2.03. The number of benzene rings is 2. The van der Waals surface area contributed by atoms with E-state index in [1.54, 1.807) is 30.1 Å². The molecule has 1 unspecified atom stereocenters.